The largest absolute Gasteiger partial charge is 0.0842 e. The predicted octanol–water partition coefficient (Wildman–Crippen LogP) is 18.7. The molecule has 10 aromatic rings. The molecule has 5 aliphatic rings. The zero-order chi connectivity index (χ0) is 45.9. The van der Waals surface area contributed by atoms with Gasteiger partial charge in [0.2, 0.25) is 0 Å². The average Bonchev–Trinajstić information content (AvgIpc) is 3.94. The van der Waals surface area contributed by atoms with E-state index in [0.717, 1.165) is 12.8 Å². The first-order chi connectivity index (χ1) is 34.8. The number of hydrogen-bond acceptors (Lipinski definition) is 0. The predicted molar refractivity (Wildman–Crippen MR) is 298 cm³/mol. The van der Waals surface area contributed by atoms with Crippen molar-refractivity contribution < 1.29 is 0 Å². The van der Waals surface area contributed by atoms with Crippen LogP contribution in [0.25, 0.3) is 116 Å². The van der Waals surface area contributed by atoms with Crippen molar-refractivity contribution >= 4 is 60.2 Å². The van der Waals surface area contributed by atoms with Gasteiger partial charge in [-0.05, 0) is 175 Å². The molecule has 0 spiro atoms. The summed E-state index contributed by atoms with van der Waals surface area (Å²) in [6.07, 6.45) is 19.1. The third-order valence-corrected chi connectivity index (χ3v) is 16.0. The first-order valence-corrected chi connectivity index (χ1v) is 25.0. The number of fused-ring (bicyclic) bond motifs is 9. The van der Waals surface area contributed by atoms with Gasteiger partial charge in [0.15, 0.2) is 0 Å². The van der Waals surface area contributed by atoms with Crippen LogP contribution in [-0.2, 0) is 0 Å². The number of benzene rings is 10. The maximum absolute atomic E-state index is 2.55. The molecule has 15 rings (SSSR count). The van der Waals surface area contributed by atoms with Crippen LogP contribution in [0.3, 0.4) is 0 Å². The van der Waals surface area contributed by atoms with Crippen molar-refractivity contribution in [2.45, 2.75) is 12.8 Å². The molecule has 70 heavy (non-hydrogen) atoms. The van der Waals surface area contributed by atoms with E-state index in [1.54, 1.807) is 0 Å². The fourth-order valence-electron chi connectivity index (χ4n) is 13.2. The highest BCUT2D eigenvalue weighted by atomic mass is 14.5. The highest BCUT2D eigenvalue weighted by Gasteiger charge is 2.51. The average molecular weight is 887 g/mol. The minimum Gasteiger partial charge on any atom is -0.0842 e. The molecule has 0 aliphatic heterocycles. The van der Waals surface area contributed by atoms with Crippen LogP contribution in [0, 0.1) is 11.8 Å². The highest BCUT2D eigenvalue weighted by Crippen LogP contribution is 2.68. The van der Waals surface area contributed by atoms with Gasteiger partial charge in [-0.25, -0.2) is 0 Å². The molecular formula is C70H46. The van der Waals surface area contributed by atoms with Crippen LogP contribution in [0.2, 0.25) is 0 Å². The molecular weight excluding hydrogens is 841 g/mol. The van der Waals surface area contributed by atoms with Gasteiger partial charge in [-0.3, -0.25) is 0 Å². The quantitative estimate of drug-likeness (QED) is 0.146. The Hall–Kier alpha value is -8.58. The SMILES string of the molecule is C1=CCCC(c2ccc(-c3ccccc3)cc2-c2c3c(c(-c4ccccc4)c4cc5ccccc5cc24)C2=CC=C4c5c(c(-c6ccccc6)c6ccccc6c5-c5ccccc5)C5=CC=C3C2C45)=C1. The highest BCUT2D eigenvalue weighted by molar-refractivity contribution is 6.25. The molecule has 10 aromatic carbocycles. The number of allylic oxidation sites excluding steroid dienone is 12. The minimum atomic E-state index is 0.128. The molecule has 0 N–H and O–H groups in total. The fraction of sp³-hybridized carbons (Fsp3) is 0.0571. The van der Waals surface area contributed by atoms with Crippen molar-refractivity contribution in [2.24, 2.45) is 11.8 Å². The van der Waals surface area contributed by atoms with E-state index in [1.165, 1.54) is 144 Å². The van der Waals surface area contributed by atoms with Crippen molar-refractivity contribution in [1.82, 2.24) is 0 Å². The topological polar surface area (TPSA) is 0 Å². The Balaban J connectivity index is 1.10. The maximum Gasteiger partial charge on any atom is 0.0212 e. The lowest BCUT2D eigenvalue weighted by atomic mass is 9.71. The van der Waals surface area contributed by atoms with E-state index in [1.807, 2.05) is 0 Å². The lowest BCUT2D eigenvalue weighted by Gasteiger charge is -2.31. The van der Waals surface area contributed by atoms with E-state index >= 15 is 0 Å². The second-order valence-corrected chi connectivity index (χ2v) is 19.6. The zero-order valence-corrected chi connectivity index (χ0v) is 38.7. The Morgan fingerprint density at radius 2 is 0.700 bits per heavy atom. The van der Waals surface area contributed by atoms with E-state index in [0.29, 0.717) is 0 Å². The first-order valence-electron chi connectivity index (χ1n) is 25.0. The molecule has 0 bridgehead atoms. The summed E-state index contributed by atoms with van der Waals surface area (Å²) in [6, 6.07) is 75.0. The van der Waals surface area contributed by atoms with Crippen LogP contribution in [0.15, 0.2) is 243 Å². The fourth-order valence-corrected chi connectivity index (χ4v) is 13.2. The Labute approximate surface area is 408 Å². The van der Waals surface area contributed by atoms with Crippen LogP contribution in [0.4, 0.5) is 0 Å². The van der Waals surface area contributed by atoms with Gasteiger partial charge < -0.3 is 0 Å². The van der Waals surface area contributed by atoms with Gasteiger partial charge in [0.1, 0.15) is 0 Å². The lowest BCUT2D eigenvalue weighted by molar-refractivity contribution is 0.759. The number of rotatable bonds is 6. The summed E-state index contributed by atoms with van der Waals surface area (Å²) in [5, 5.41) is 7.72. The van der Waals surface area contributed by atoms with Crippen molar-refractivity contribution in [3.8, 4) is 55.6 Å². The number of hydrogen-bond donors (Lipinski definition) is 0. The summed E-state index contributed by atoms with van der Waals surface area (Å²) >= 11 is 0. The third kappa shape index (κ3) is 5.71. The maximum atomic E-state index is 2.55. The zero-order valence-electron chi connectivity index (χ0n) is 38.7. The molecule has 2 atom stereocenters. The van der Waals surface area contributed by atoms with Crippen molar-refractivity contribution in [3.05, 3.63) is 271 Å². The summed E-state index contributed by atoms with van der Waals surface area (Å²) in [4.78, 5) is 0. The molecule has 0 heterocycles. The van der Waals surface area contributed by atoms with Crippen LogP contribution in [-0.4, -0.2) is 0 Å². The van der Waals surface area contributed by atoms with Gasteiger partial charge in [0.25, 0.3) is 0 Å². The Bertz CT molecular complexity index is 4060. The molecule has 0 radical (unpaired) electrons. The summed E-state index contributed by atoms with van der Waals surface area (Å²) in [5.74, 6) is 0.270. The smallest absolute Gasteiger partial charge is 0.0212 e. The van der Waals surface area contributed by atoms with E-state index in [4.69, 9.17) is 0 Å². The first kappa shape index (κ1) is 39.4. The van der Waals surface area contributed by atoms with E-state index in [9.17, 15) is 0 Å². The Kier molecular flexibility index (Phi) is 8.71. The minimum absolute atomic E-state index is 0.128. The van der Waals surface area contributed by atoms with E-state index in [-0.39, 0.29) is 11.8 Å². The normalized spacial score (nSPS) is 17.1. The molecule has 0 amide bonds. The lowest BCUT2D eigenvalue weighted by Crippen LogP contribution is -2.18. The molecule has 0 heteroatoms. The Morgan fingerprint density at radius 3 is 1.17 bits per heavy atom. The second kappa shape index (κ2) is 15.5. The van der Waals surface area contributed by atoms with E-state index in [2.05, 4.69) is 243 Å². The van der Waals surface area contributed by atoms with Gasteiger partial charge in [0, 0.05) is 11.8 Å². The molecule has 0 nitrogen and oxygen atoms in total. The van der Waals surface area contributed by atoms with Crippen molar-refractivity contribution in [3.63, 3.8) is 0 Å². The molecule has 326 valence electrons. The third-order valence-electron chi connectivity index (χ3n) is 16.0. The molecule has 0 saturated carbocycles. The van der Waals surface area contributed by atoms with Crippen molar-refractivity contribution in [1.29, 1.82) is 0 Å². The van der Waals surface area contributed by atoms with Crippen LogP contribution in [0.5, 0.6) is 0 Å². The summed E-state index contributed by atoms with van der Waals surface area (Å²) in [7, 11) is 0. The van der Waals surface area contributed by atoms with Gasteiger partial charge >= 0.3 is 0 Å². The second-order valence-electron chi connectivity index (χ2n) is 19.6. The molecule has 0 fully saturated rings. The van der Waals surface area contributed by atoms with Gasteiger partial charge in [-0.1, -0.05) is 225 Å². The Morgan fingerprint density at radius 1 is 0.286 bits per heavy atom. The summed E-state index contributed by atoms with van der Waals surface area (Å²) in [6.45, 7) is 0. The van der Waals surface area contributed by atoms with Crippen LogP contribution in [0.1, 0.15) is 40.7 Å². The molecule has 2 unspecified atom stereocenters. The van der Waals surface area contributed by atoms with E-state index < -0.39 is 0 Å². The summed E-state index contributed by atoms with van der Waals surface area (Å²) in [5.41, 5.74) is 26.9. The molecule has 5 aliphatic carbocycles. The van der Waals surface area contributed by atoms with Gasteiger partial charge in [-0.15, -0.1) is 0 Å². The molecule has 0 saturated heterocycles. The van der Waals surface area contributed by atoms with Crippen molar-refractivity contribution in [2.75, 3.05) is 0 Å². The van der Waals surface area contributed by atoms with Crippen LogP contribution >= 0.6 is 0 Å². The standard InChI is InChI=1S/C70H46/c1-6-20-43(21-7-1)50-34-35-51(44-22-8-2-9-23-44)58(42-50)66-60-41-49-31-17-16-30-48(49)40-59(60)63(47-28-14-5-15-29-47)69-56-37-36-54-64-55(38-39-57(65(56)64)70(66)69)68-62(46-26-12-4-13-27-46)53-33-19-18-32-52(53)61(67(54)68)45-24-10-3-11-25-45/h1-8,10-22,24-42,64-65H,9,23H2. The molecule has 0 aromatic heterocycles. The van der Waals surface area contributed by atoms with Gasteiger partial charge in [-0.2, -0.15) is 0 Å². The monoisotopic (exact) mass is 886 g/mol. The van der Waals surface area contributed by atoms with Gasteiger partial charge in [0.05, 0.1) is 0 Å². The summed E-state index contributed by atoms with van der Waals surface area (Å²) < 4.78 is 0. The van der Waals surface area contributed by atoms with Crippen LogP contribution < -0.4 is 0 Å².